The molecule has 0 saturated heterocycles. The molecule has 1 aliphatic carbocycles. The molecule has 1 saturated carbocycles. The second-order valence-corrected chi connectivity index (χ2v) is 7.23. The number of hydrogen-bond acceptors (Lipinski definition) is 2. The Balaban J connectivity index is 1.67. The molecule has 3 heteroatoms. The third kappa shape index (κ3) is 2.36. The van der Waals surface area contributed by atoms with Gasteiger partial charge in [0.05, 0.1) is 5.69 Å². The van der Waals surface area contributed by atoms with Gasteiger partial charge in [0.1, 0.15) is 5.65 Å². The van der Waals surface area contributed by atoms with E-state index in [1.54, 1.807) is 0 Å². The Morgan fingerprint density at radius 3 is 2.31 bits per heavy atom. The maximum atomic E-state index is 6.48. The first-order valence-corrected chi connectivity index (χ1v) is 9.16. The SMILES string of the molecule is NC1(c2ccc(-c3[nH]c4ncccc4c3-c3ccccc3)cc2)CCC1. The van der Waals surface area contributed by atoms with E-state index in [1.165, 1.54) is 23.1 Å². The maximum absolute atomic E-state index is 6.48. The van der Waals surface area contributed by atoms with E-state index in [-0.39, 0.29) is 5.54 Å². The summed E-state index contributed by atoms with van der Waals surface area (Å²) in [5.74, 6) is 0. The third-order valence-corrected chi connectivity index (χ3v) is 5.63. The molecule has 2 heterocycles. The van der Waals surface area contributed by atoms with Crippen LogP contribution in [0, 0.1) is 0 Å². The Bertz CT molecular complexity index is 1060. The van der Waals surface area contributed by atoms with Crippen molar-refractivity contribution in [2.75, 3.05) is 0 Å². The fourth-order valence-corrected chi connectivity index (χ4v) is 3.96. The van der Waals surface area contributed by atoms with Gasteiger partial charge in [0.25, 0.3) is 0 Å². The van der Waals surface area contributed by atoms with Gasteiger partial charge in [-0.3, -0.25) is 0 Å². The number of H-pyrrole nitrogens is 1. The topological polar surface area (TPSA) is 54.7 Å². The van der Waals surface area contributed by atoms with Gasteiger partial charge in [-0.25, -0.2) is 4.98 Å². The quantitative estimate of drug-likeness (QED) is 0.536. The minimum Gasteiger partial charge on any atom is -0.339 e. The zero-order chi connectivity index (χ0) is 17.6. The van der Waals surface area contributed by atoms with Gasteiger partial charge >= 0.3 is 0 Å². The highest BCUT2D eigenvalue weighted by Crippen LogP contribution is 2.41. The smallest absolute Gasteiger partial charge is 0.138 e. The summed E-state index contributed by atoms with van der Waals surface area (Å²) in [5.41, 5.74) is 13.2. The molecule has 128 valence electrons. The number of nitrogens with zero attached hydrogens (tertiary/aromatic N) is 1. The van der Waals surface area contributed by atoms with Crippen LogP contribution in [0.2, 0.25) is 0 Å². The first-order valence-electron chi connectivity index (χ1n) is 9.16. The van der Waals surface area contributed by atoms with Crippen LogP contribution in [-0.4, -0.2) is 9.97 Å². The fourth-order valence-electron chi connectivity index (χ4n) is 3.96. The summed E-state index contributed by atoms with van der Waals surface area (Å²) in [7, 11) is 0. The van der Waals surface area contributed by atoms with Crippen LogP contribution in [0.1, 0.15) is 24.8 Å². The van der Waals surface area contributed by atoms with Gasteiger partial charge in [0.15, 0.2) is 0 Å². The van der Waals surface area contributed by atoms with Crippen molar-refractivity contribution in [2.45, 2.75) is 24.8 Å². The zero-order valence-electron chi connectivity index (χ0n) is 14.6. The number of fused-ring (bicyclic) bond motifs is 1. The average molecular weight is 339 g/mol. The van der Waals surface area contributed by atoms with Gasteiger partial charge in [-0.2, -0.15) is 0 Å². The third-order valence-electron chi connectivity index (χ3n) is 5.63. The first kappa shape index (κ1) is 15.4. The number of aromatic amines is 1. The lowest BCUT2D eigenvalue weighted by Crippen LogP contribution is -2.43. The Labute approximate surface area is 152 Å². The Morgan fingerprint density at radius 2 is 1.62 bits per heavy atom. The highest BCUT2D eigenvalue weighted by atomic mass is 14.9. The Kier molecular flexibility index (Phi) is 3.44. The number of rotatable bonds is 3. The van der Waals surface area contributed by atoms with Gasteiger partial charge < -0.3 is 10.7 Å². The molecule has 3 N–H and O–H groups in total. The minimum atomic E-state index is -0.122. The van der Waals surface area contributed by atoms with Crippen LogP contribution >= 0.6 is 0 Å². The van der Waals surface area contributed by atoms with Gasteiger partial charge in [-0.1, -0.05) is 54.6 Å². The molecule has 26 heavy (non-hydrogen) atoms. The second kappa shape index (κ2) is 5.82. The highest BCUT2D eigenvalue weighted by molar-refractivity contribution is 6.02. The molecule has 0 bridgehead atoms. The number of pyridine rings is 1. The van der Waals surface area contributed by atoms with Crippen molar-refractivity contribution >= 4 is 11.0 Å². The normalized spacial score (nSPS) is 15.7. The molecule has 0 atom stereocenters. The zero-order valence-corrected chi connectivity index (χ0v) is 14.6. The molecule has 0 unspecified atom stereocenters. The summed E-state index contributed by atoms with van der Waals surface area (Å²) in [6, 6.07) is 23.3. The summed E-state index contributed by atoms with van der Waals surface area (Å²) in [6.07, 6.45) is 5.22. The van der Waals surface area contributed by atoms with E-state index in [0.717, 1.165) is 35.1 Å². The molecule has 0 spiro atoms. The van der Waals surface area contributed by atoms with E-state index in [9.17, 15) is 0 Å². The molecular formula is C23H21N3. The number of benzene rings is 2. The predicted octanol–water partition coefficient (Wildman–Crippen LogP) is 5.23. The van der Waals surface area contributed by atoms with Crippen LogP contribution in [0.4, 0.5) is 0 Å². The molecule has 2 aromatic heterocycles. The van der Waals surface area contributed by atoms with E-state index in [4.69, 9.17) is 5.73 Å². The summed E-state index contributed by atoms with van der Waals surface area (Å²) < 4.78 is 0. The van der Waals surface area contributed by atoms with Crippen molar-refractivity contribution in [2.24, 2.45) is 5.73 Å². The summed E-state index contributed by atoms with van der Waals surface area (Å²) in [5, 5.41) is 1.15. The molecule has 0 radical (unpaired) electrons. The van der Waals surface area contributed by atoms with E-state index in [1.807, 2.05) is 18.3 Å². The van der Waals surface area contributed by atoms with Crippen molar-refractivity contribution in [1.29, 1.82) is 0 Å². The van der Waals surface area contributed by atoms with E-state index in [2.05, 4.69) is 64.6 Å². The largest absolute Gasteiger partial charge is 0.339 e. The molecule has 1 fully saturated rings. The van der Waals surface area contributed by atoms with Crippen LogP contribution in [0.15, 0.2) is 72.9 Å². The second-order valence-electron chi connectivity index (χ2n) is 7.23. The van der Waals surface area contributed by atoms with E-state index < -0.39 is 0 Å². The average Bonchev–Trinajstić information content (AvgIpc) is 3.06. The van der Waals surface area contributed by atoms with Crippen LogP contribution in [0.25, 0.3) is 33.4 Å². The van der Waals surface area contributed by atoms with Crippen LogP contribution < -0.4 is 5.73 Å². The molecule has 1 aliphatic rings. The number of aromatic nitrogens is 2. The van der Waals surface area contributed by atoms with Crippen molar-refractivity contribution < 1.29 is 0 Å². The Hall–Kier alpha value is -2.91. The lowest BCUT2D eigenvalue weighted by atomic mass is 9.72. The molecule has 2 aromatic carbocycles. The number of hydrogen-bond donors (Lipinski definition) is 2. The summed E-state index contributed by atoms with van der Waals surface area (Å²) in [6.45, 7) is 0. The van der Waals surface area contributed by atoms with Crippen LogP contribution in [-0.2, 0) is 5.54 Å². The lowest BCUT2D eigenvalue weighted by molar-refractivity contribution is 0.253. The summed E-state index contributed by atoms with van der Waals surface area (Å²) >= 11 is 0. The lowest BCUT2D eigenvalue weighted by Gasteiger charge is -2.38. The van der Waals surface area contributed by atoms with Gasteiger partial charge in [0.2, 0.25) is 0 Å². The molecule has 0 amide bonds. The van der Waals surface area contributed by atoms with Crippen LogP contribution in [0.5, 0.6) is 0 Å². The van der Waals surface area contributed by atoms with E-state index >= 15 is 0 Å². The fraction of sp³-hybridized carbons (Fsp3) is 0.174. The number of nitrogens with two attached hydrogens (primary N) is 1. The van der Waals surface area contributed by atoms with Crippen molar-refractivity contribution in [3.8, 4) is 22.4 Å². The molecule has 4 aromatic rings. The molecule has 3 nitrogen and oxygen atoms in total. The monoisotopic (exact) mass is 339 g/mol. The van der Waals surface area contributed by atoms with Crippen molar-refractivity contribution in [1.82, 2.24) is 9.97 Å². The first-order chi connectivity index (χ1) is 12.7. The maximum Gasteiger partial charge on any atom is 0.138 e. The molecule has 0 aliphatic heterocycles. The highest BCUT2D eigenvalue weighted by Gasteiger charge is 2.34. The minimum absolute atomic E-state index is 0.122. The summed E-state index contributed by atoms with van der Waals surface area (Å²) in [4.78, 5) is 8.04. The molecule has 5 rings (SSSR count). The number of nitrogens with one attached hydrogen (secondary N) is 1. The van der Waals surface area contributed by atoms with Crippen LogP contribution in [0.3, 0.4) is 0 Å². The predicted molar refractivity (Wildman–Crippen MR) is 107 cm³/mol. The van der Waals surface area contributed by atoms with E-state index in [0.29, 0.717) is 0 Å². The van der Waals surface area contributed by atoms with Gasteiger partial charge in [-0.15, -0.1) is 0 Å². The van der Waals surface area contributed by atoms with Gasteiger partial charge in [-0.05, 0) is 48.1 Å². The standard InChI is InChI=1S/C23H21N3/c24-23(13-5-14-23)18-11-9-17(10-12-18)21-20(16-6-2-1-3-7-16)19-8-4-15-25-22(19)26-21/h1-4,6-12,15H,5,13-14,24H2,(H,25,26). The van der Waals surface area contributed by atoms with Crippen molar-refractivity contribution in [3.05, 3.63) is 78.5 Å². The van der Waals surface area contributed by atoms with Gasteiger partial charge in [0, 0.05) is 22.7 Å². The van der Waals surface area contributed by atoms with Crippen molar-refractivity contribution in [3.63, 3.8) is 0 Å². The molecular weight excluding hydrogens is 318 g/mol. The Morgan fingerprint density at radius 1 is 0.846 bits per heavy atom.